The molecule has 0 bridgehead atoms. The number of benzene rings is 2. The van der Waals surface area contributed by atoms with Gasteiger partial charge in [-0.25, -0.2) is 9.38 Å². The summed E-state index contributed by atoms with van der Waals surface area (Å²) in [5.41, 5.74) is 2.51. The Balaban J connectivity index is 1.60. The minimum Gasteiger partial charge on any atom is -0.317 e. The molecule has 2 aromatic carbocycles. The van der Waals surface area contributed by atoms with E-state index in [0.29, 0.717) is 15.8 Å². The van der Waals surface area contributed by atoms with E-state index in [4.69, 9.17) is 0 Å². The zero-order valence-electron chi connectivity index (χ0n) is 13.6. The zero-order valence-corrected chi connectivity index (χ0v) is 14.4. The third kappa shape index (κ3) is 3.45. The third-order valence-corrected chi connectivity index (χ3v) is 4.71. The zero-order chi connectivity index (χ0) is 17.9. The standard InChI is InChI=1S/C20H14FN3OS/c21-14-8-10-15(11-9-14)22-20-23-19(25)18(26-20)13-17-7-4-12-24(17)16-5-2-1-3-6-16/h1-13H,(H,22,23,25)/b18-13-. The minimum atomic E-state index is -0.320. The number of hydrogen-bond donors (Lipinski definition) is 1. The predicted molar refractivity (Wildman–Crippen MR) is 103 cm³/mol. The summed E-state index contributed by atoms with van der Waals surface area (Å²) in [5.74, 6) is -0.518. The molecule has 128 valence electrons. The second kappa shape index (κ2) is 7.01. The van der Waals surface area contributed by atoms with E-state index in [0.717, 1.165) is 11.4 Å². The van der Waals surface area contributed by atoms with Gasteiger partial charge in [0.25, 0.3) is 5.91 Å². The van der Waals surface area contributed by atoms with Gasteiger partial charge in [0.2, 0.25) is 0 Å². The highest BCUT2D eigenvalue weighted by molar-refractivity contribution is 8.18. The molecule has 1 saturated heterocycles. The summed E-state index contributed by atoms with van der Waals surface area (Å²) >= 11 is 1.26. The number of aliphatic imine (C=N–C) groups is 1. The van der Waals surface area contributed by atoms with Crippen LogP contribution in [0.5, 0.6) is 0 Å². The van der Waals surface area contributed by atoms with Crippen molar-refractivity contribution in [3.8, 4) is 5.69 Å². The lowest BCUT2D eigenvalue weighted by atomic mass is 10.3. The molecule has 1 aliphatic heterocycles. The van der Waals surface area contributed by atoms with Gasteiger partial charge in [0.05, 0.1) is 10.6 Å². The van der Waals surface area contributed by atoms with E-state index < -0.39 is 0 Å². The molecule has 0 saturated carbocycles. The van der Waals surface area contributed by atoms with Crippen LogP contribution in [0.3, 0.4) is 0 Å². The van der Waals surface area contributed by atoms with Gasteiger partial charge in [-0.05, 0) is 66.4 Å². The summed E-state index contributed by atoms with van der Waals surface area (Å²) in [6.45, 7) is 0. The van der Waals surface area contributed by atoms with Crippen LogP contribution in [0.1, 0.15) is 5.69 Å². The maximum Gasteiger partial charge on any atom is 0.264 e. The molecule has 2 heterocycles. The van der Waals surface area contributed by atoms with E-state index in [2.05, 4.69) is 10.3 Å². The highest BCUT2D eigenvalue weighted by Gasteiger charge is 2.24. The van der Waals surface area contributed by atoms with Crippen LogP contribution in [0.15, 0.2) is 82.8 Å². The van der Waals surface area contributed by atoms with Gasteiger partial charge in [0.1, 0.15) is 5.82 Å². The van der Waals surface area contributed by atoms with Crippen molar-refractivity contribution in [1.29, 1.82) is 0 Å². The molecule has 26 heavy (non-hydrogen) atoms. The van der Waals surface area contributed by atoms with Gasteiger partial charge in [-0.2, -0.15) is 0 Å². The Morgan fingerprint density at radius 2 is 1.77 bits per heavy atom. The average molecular weight is 363 g/mol. The lowest BCUT2D eigenvalue weighted by Gasteiger charge is -2.06. The van der Waals surface area contributed by atoms with Gasteiger partial charge >= 0.3 is 0 Å². The fraction of sp³-hybridized carbons (Fsp3) is 0. The largest absolute Gasteiger partial charge is 0.317 e. The van der Waals surface area contributed by atoms with E-state index in [1.54, 1.807) is 12.1 Å². The molecule has 1 aromatic heterocycles. The van der Waals surface area contributed by atoms with Gasteiger partial charge in [-0.15, -0.1) is 0 Å². The van der Waals surface area contributed by atoms with Crippen molar-refractivity contribution in [2.75, 3.05) is 0 Å². The number of carbonyl (C=O) groups excluding carboxylic acids is 1. The van der Waals surface area contributed by atoms with Crippen molar-refractivity contribution < 1.29 is 9.18 Å². The lowest BCUT2D eigenvalue weighted by molar-refractivity contribution is -0.115. The average Bonchev–Trinajstić information content (AvgIpc) is 3.25. The number of aromatic nitrogens is 1. The van der Waals surface area contributed by atoms with Crippen LogP contribution in [0, 0.1) is 5.82 Å². The first-order valence-electron chi connectivity index (χ1n) is 7.97. The van der Waals surface area contributed by atoms with Crippen LogP contribution in [0.2, 0.25) is 0 Å². The fourth-order valence-corrected chi connectivity index (χ4v) is 3.41. The van der Waals surface area contributed by atoms with Gasteiger partial charge in [0, 0.05) is 17.6 Å². The van der Waals surface area contributed by atoms with Crippen LogP contribution in [-0.2, 0) is 4.79 Å². The molecule has 6 heteroatoms. The highest BCUT2D eigenvalue weighted by Crippen LogP contribution is 2.28. The Morgan fingerprint density at radius 3 is 2.54 bits per heavy atom. The number of hydrogen-bond acceptors (Lipinski definition) is 3. The van der Waals surface area contributed by atoms with Crippen LogP contribution in [0.25, 0.3) is 11.8 Å². The highest BCUT2D eigenvalue weighted by atomic mass is 32.2. The van der Waals surface area contributed by atoms with Crippen molar-refractivity contribution in [2.24, 2.45) is 4.99 Å². The fourth-order valence-electron chi connectivity index (χ4n) is 2.58. The molecule has 3 aromatic rings. The van der Waals surface area contributed by atoms with E-state index in [1.165, 1.54) is 23.9 Å². The molecule has 1 amide bonds. The molecular weight excluding hydrogens is 349 g/mol. The monoisotopic (exact) mass is 363 g/mol. The van der Waals surface area contributed by atoms with E-state index in [-0.39, 0.29) is 11.7 Å². The van der Waals surface area contributed by atoms with Crippen molar-refractivity contribution in [3.05, 3.63) is 89.3 Å². The van der Waals surface area contributed by atoms with E-state index in [9.17, 15) is 9.18 Å². The lowest BCUT2D eigenvalue weighted by Crippen LogP contribution is -2.19. The van der Waals surface area contributed by atoms with Gasteiger partial charge in [-0.1, -0.05) is 18.2 Å². The molecular formula is C20H14FN3OS. The third-order valence-electron chi connectivity index (χ3n) is 3.80. The van der Waals surface area contributed by atoms with Gasteiger partial charge in [0.15, 0.2) is 5.17 Å². The Labute approximate surface area is 154 Å². The number of para-hydroxylation sites is 1. The SMILES string of the molecule is O=C1NC(=Nc2ccc(F)cc2)S/C1=C\c1cccn1-c1ccccc1. The molecule has 0 aliphatic carbocycles. The van der Waals surface area contributed by atoms with Crippen molar-refractivity contribution in [1.82, 2.24) is 9.88 Å². The number of rotatable bonds is 3. The number of carbonyl (C=O) groups is 1. The van der Waals surface area contributed by atoms with E-state index in [1.807, 2.05) is 59.3 Å². The van der Waals surface area contributed by atoms with Crippen LogP contribution in [-0.4, -0.2) is 15.6 Å². The summed E-state index contributed by atoms with van der Waals surface area (Å²) in [5, 5.41) is 3.22. The number of nitrogens with zero attached hydrogens (tertiary/aromatic N) is 2. The van der Waals surface area contributed by atoms with Gasteiger partial charge in [-0.3, -0.25) is 4.79 Å². The second-order valence-electron chi connectivity index (χ2n) is 5.60. The summed E-state index contributed by atoms with van der Waals surface area (Å²) in [4.78, 5) is 17.2. The molecule has 0 radical (unpaired) electrons. The summed E-state index contributed by atoms with van der Waals surface area (Å²) in [7, 11) is 0. The number of thioether (sulfide) groups is 1. The molecule has 1 fully saturated rings. The first kappa shape index (κ1) is 16.4. The second-order valence-corrected chi connectivity index (χ2v) is 6.63. The number of nitrogens with one attached hydrogen (secondary N) is 1. The van der Waals surface area contributed by atoms with Crippen molar-refractivity contribution >= 4 is 34.6 Å². The van der Waals surface area contributed by atoms with Crippen molar-refractivity contribution in [3.63, 3.8) is 0 Å². The quantitative estimate of drug-likeness (QED) is 0.696. The van der Waals surface area contributed by atoms with Crippen molar-refractivity contribution in [2.45, 2.75) is 0 Å². The number of amidine groups is 1. The normalized spacial score (nSPS) is 17.0. The molecule has 1 N–H and O–H groups in total. The first-order valence-corrected chi connectivity index (χ1v) is 8.79. The molecule has 0 spiro atoms. The minimum absolute atomic E-state index is 0.198. The maximum absolute atomic E-state index is 13.0. The Bertz CT molecular complexity index is 1010. The molecule has 0 unspecified atom stereocenters. The summed E-state index contributed by atoms with van der Waals surface area (Å²) in [6, 6.07) is 19.6. The molecule has 0 atom stereocenters. The first-order chi connectivity index (χ1) is 12.7. The summed E-state index contributed by atoms with van der Waals surface area (Å²) < 4.78 is 15.0. The van der Waals surface area contributed by atoms with Crippen LogP contribution < -0.4 is 5.32 Å². The Kier molecular flexibility index (Phi) is 4.41. The predicted octanol–water partition coefficient (Wildman–Crippen LogP) is 4.51. The molecule has 4 rings (SSSR count). The topological polar surface area (TPSA) is 46.4 Å². The van der Waals surface area contributed by atoms with Crippen LogP contribution >= 0.6 is 11.8 Å². The smallest absolute Gasteiger partial charge is 0.264 e. The molecule has 1 aliphatic rings. The van der Waals surface area contributed by atoms with Crippen LogP contribution in [0.4, 0.5) is 10.1 Å². The van der Waals surface area contributed by atoms with E-state index >= 15 is 0 Å². The molecule has 4 nitrogen and oxygen atoms in total. The number of amides is 1. The van der Waals surface area contributed by atoms with Gasteiger partial charge < -0.3 is 9.88 Å². The summed E-state index contributed by atoms with van der Waals surface area (Å²) in [6.07, 6.45) is 3.78. The number of halogens is 1. The Hall–Kier alpha value is -3.12. The maximum atomic E-state index is 13.0. The Morgan fingerprint density at radius 1 is 1.00 bits per heavy atom.